The SMILES string of the molecule is CC1(CO)C(=O)N(C2CCCCO2)C1CC(O)C1CCCCO1. The Morgan fingerprint density at radius 3 is 2.48 bits per heavy atom. The van der Waals surface area contributed by atoms with Crippen LogP contribution in [0, 0.1) is 5.41 Å². The summed E-state index contributed by atoms with van der Waals surface area (Å²) in [4.78, 5) is 14.3. The van der Waals surface area contributed by atoms with Gasteiger partial charge >= 0.3 is 0 Å². The maximum absolute atomic E-state index is 12.6. The van der Waals surface area contributed by atoms with Crippen molar-refractivity contribution in [2.24, 2.45) is 5.41 Å². The molecule has 3 fully saturated rings. The zero-order chi connectivity index (χ0) is 16.4. The molecule has 3 aliphatic rings. The minimum absolute atomic E-state index is 0.0614. The molecule has 0 aromatic carbocycles. The van der Waals surface area contributed by atoms with E-state index < -0.39 is 11.5 Å². The molecule has 0 radical (unpaired) electrons. The van der Waals surface area contributed by atoms with Gasteiger partial charge in [-0.2, -0.15) is 0 Å². The molecule has 6 heteroatoms. The summed E-state index contributed by atoms with van der Waals surface area (Å²) in [6.45, 7) is 2.95. The van der Waals surface area contributed by atoms with Crippen molar-refractivity contribution in [2.75, 3.05) is 19.8 Å². The van der Waals surface area contributed by atoms with Gasteiger partial charge in [-0.15, -0.1) is 0 Å². The number of nitrogens with zero attached hydrogens (tertiary/aromatic N) is 1. The molecule has 132 valence electrons. The highest BCUT2D eigenvalue weighted by Gasteiger charge is 2.59. The Labute approximate surface area is 137 Å². The number of aliphatic hydroxyl groups is 2. The van der Waals surface area contributed by atoms with Crippen LogP contribution in [0.2, 0.25) is 0 Å². The van der Waals surface area contributed by atoms with Gasteiger partial charge in [-0.05, 0) is 51.9 Å². The third-order valence-electron chi connectivity index (χ3n) is 5.70. The number of amides is 1. The molecule has 0 aromatic rings. The Balaban J connectivity index is 1.68. The number of carbonyl (C=O) groups excluding carboxylic acids is 1. The summed E-state index contributed by atoms with van der Waals surface area (Å²) >= 11 is 0. The van der Waals surface area contributed by atoms with E-state index in [1.54, 1.807) is 11.8 Å². The molecule has 0 saturated carbocycles. The predicted octanol–water partition coefficient (Wildman–Crippen LogP) is 1.04. The van der Waals surface area contributed by atoms with E-state index in [-0.39, 0.29) is 30.9 Å². The summed E-state index contributed by atoms with van der Waals surface area (Å²) < 4.78 is 11.4. The summed E-state index contributed by atoms with van der Waals surface area (Å²) in [5.41, 5.74) is -0.809. The molecule has 3 saturated heterocycles. The molecule has 23 heavy (non-hydrogen) atoms. The van der Waals surface area contributed by atoms with Gasteiger partial charge < -0.3 is 24.6 Å². The summed E-state index contributed by atoms with van der Waals surface area (Å²) in [6.07, 6.45) is 5.34. The molecule has 2 N–H and O–H groups in total. The fourth-order valence-electron chi connectivity index (χ4n) is 4.09. The van der Waals surface area contributed by atoms with Crippen LogP contribution in [0.3, 0.4) is 0 Å². The van der Waals surface area contributed by atoms with Crippen molar-refractivity contribution in [3.8, 4) is 0 Å². The first-order chi connectivity index (χ1) is 11.1. The van der Waals surface area contributed by atoms with Gasteiger partial charge in [-0.1, -0.05) is 0 Å². The standard InChI is InChI=1S/C17H29NO5/c1-17(11-19)14(10-12(20)13-6-2-4-8-22-13)18(16(17)21)15-7-3-5-9-23-15/h12-15,19-20H,2-11H2,1H3. The number of hydrogen-bond acceptors (Lipinski definition) is 5. The van der Waals surface area contributed by atoms with Gasteiger partial charge in [0.15, 0.2) is 0 Å². The quantitative estimate of drug-likeness (QED) is 0.738. The summed E-state index contributed by atoms with van der Waals surface area (Å²) in [6, 6.07) is -0.191. The van der Waals surface area contributed by atoms with Crippen LogP contribution in [-0.4, -0.2) is 65.3 Å². The van der Waals surface area contributed by atoms with Crippen molar-refractivity contribution in [3.05, 3.63) is 0 Å². The highest BCUT2D eigenvalue weighted by Crippen LogP contribution is 2.44. The molecule has 6 nitrogen and oxygen atoms in total. The number of hydrogen-bond donors (Lipinski definition) is 2. The predicted molar refractivity (Wildman–Crippen MR) is 83.6 cm³/mol. The molecule has 3 heterocycles. The third-order valence-corrected chi connectivity index (χ3v) is 5.70. The lowest BCUT2D eigenvalue weighted by molar-refractivity contribution is -0.215. The van der Waals surface area contributed by atoms with Crippen LogP contribution >= 0.6 is 0 Å². The van der Waals surface area contributed by atoms with Crippen molar-refractivity contribution in [1.82, 2.24) is 4.90 Å². The monoisotopic (exact) mass is 327 g/mol. The smallest absolute Gasteiger partial charge is 0.235 e. The molecule has 3 aliphatic heterocycles. The molecule has 5 atom stereocenters. The lowest BCUT2D eigenvalue weighted by Crippen LogP contribution is -2.73. The van der Waals surface area contributed by atoms with E-state index in [1.165, 1.54) is 0 Å². The van der Waals surface area contributed by atoms with Crippen molar-refractivity contribution < 1.29 is 24.5 Å². The van der Waals surface area contributed by atoms with E-state index >= 15 is 0 Å². The molecular weight excluding hydrogens is 298 g/mol. The molecule has 0 bridgehead atoms. The van der Waals surface area contributed by atoms with Crippen molar-refractivity contribution in [1.29, 1.82) is 0 Å². The van der Waals surface area contributed by atoms with Gasteiger partial charge in [0.25, 0.3) is 0 Å². The van der Waals surface area contributed by atoms with E-state index in [2.05, 4.69) is 0 Å². The van der Waals surface area contributed by atoms with Crippen molar-refractivity contribution >= 4 is 5.91 Å². The van der Waals surface area contributed by atoms with Crippen LogP contribution < -0.4 is 0 Å². The summed E-state index contributed by atoms with van der Waals surface area (Å²) in [5, 5.41) is 20.3. The molecular formula is C17H29NO5. The van der Waals surface area contributed by atoms with Crippen LogP contribution in [0.1, 0.15) is 51.9 Å². The fourth-order valence-corrected chi connectivity index (χ4v) is 4.09. The Morgan fingerprint density at radius 1 is 1.22 bits per heavy atom. The Morgan fingerprint density at radius 2 is 1.91 bits per heavy atom. The van der Waals surface area contributed by atoms with E-state index in [0.717, 1.165) is 38.5 Å². The van der Waals surface area contributed by atoms with Crippen LogP contribution in [0.5, 0.6) is 0 Å². The Hall–Kier alpha value is -0.690. The molecule has 0 aromatic heterocycles. The topological polar surface area (TPSA) is 79.2 Å². The maximum atomic E-state index is 12.6. The minimum atomic E-state index is -0.809. The van der Waals surface area contributed by atoms with Gasteiger partial charge in [0.1, 0.15) is 6.23 Å². The second-order valence-electron chi connectivity index (χ2n) is 7.33. The number of β-lactam (4-membered cyclic amide) rings is 1. The van der Waals surface area contributed by atoms with Crippen molar-refractivity contribution in [3.63, 3.8) is 0 Å². The van der Waals surface area contributed by atoms with Gasteiger partial charge in [0, 0.05) is 13.2 Å². The molecule has 5 unspecified atom stereocenters. The largest absolute Gasteiger partial charge is 0.395 e. The minimum Gasteiger partial charge on any atom is -0.395 e. The first-order valence-corrected chi connectivity index (χ1v) is 8.93. The first-order valence-electron chi connectivity index (χ1n) is 8.93. The normalized spacial score (nSPS) is 39.9. The van der Waals surface area contributed by atoms with Crippen LogP contribution in [0.25, 0.3) is 0 Å². The van der Waals surface area contributed by atoms with Crippen molar-refractivity contribution in [2.45, 2.75) is 76.3 Å². The van der Waals surface area contributed by atoms with Crippen LogP contribution in [0.4, 0.5) is 0 Å². The Bertz CT molecular complexity index is 419. The van der Waals surface area contributed by atoms with E-state index in [4.69, 9.17) is 9.47 Å². The highest BCUT2D eigenvalue weighted by molar-refractivity contribution is 5.90. The number of rotatable bonds is 5. The van der Waals surface area contributed by atoms with Gasteiger partial charge in [0.05, 0.1) is 30.3 Å². The molecule has 3 rings (SSSR count). The lowest BCUT2D eigenvalue weighted by atomic mass is 9.69. The number of carbonyl (C=O) groups is 1. The fraction of sp³-hybridized carbons (Fsp3) is 0.941. The molecule has 0 aliphatic carbocycles. The lowest BCUT2D eigenvalue weighted by Gasteiger charge is -2.57. The summed E-state index contributed by atoms with van der Waals surface area (Å²) in [5.74, 6) is -0.0614. The van der Waals surface area contributed by atoms with E-state index in [1.807, 2.05) is 0 Å². The Kier molecular flexibility index (Phi) is 5.26. The van der Waals surface area contributed by atoms with Crippen LogP contribution in [-0.2, 0) is 14.3 Å². The third kappa shape index (κ3) is 3.14. The molecule has 1 amide bonds. The second kappa shape index (κ2) is 7.05. The maximum Gasteiger partial charge on any atom is 0.235 e. The van der Waals surface area contributed by atoms with Gasteiger partial charge in [-0.25, -0.2) is 0 Å². The van der Waals surface area contributed by atoms with Crippen LogP contribution in [0.15, 0.2) is 0 Å². The highest BCUT2D eigenvalue weighted by atomic mass is 16.5. The van der Waals surface area contributed by atoms with Gasteiger partial charge in [-0.3, -0.25) is 4.79 Å². The average molecular weight is 327 g/mol. The molecule has 0 spiro atoms. The number of likely N-dealkylation sites (tertiary alicyclic amines) is 1. The number of ether oxygens (including phenoxy) is 2. The van der Waals surface area contributed by atoms with E-state index in [9.17, 15) is 15.0 Å². The number of aliphatic hydroxyl groups excluding tert-OH is 2. The zero-order valence-corrected chi connectivity index (χ0v) is 13.9. The first kappa shape index (κ1) is 17.1. The van der Waals surface area contributed by atoms with Gasteiger partial charge in [0.2, 0.25) is 5.91 Å². The summed E-state index contributed by atoms with van der Waals surface area (Å²) in [7, 11) is 0. The zero-order valence-electron chi connectivity index (χ0n) is 13.9. The average Bonchev–Trinajstić information content (AvgIpc) is 2.62. The van der Waals surface area contributed by atoms with E-state index in [0.29, 0.717) is 19.6 Å². The second-order valence-corrected chi connectivity index (χ2v) is 7.33.